The van der Waals surface area contributed by atoms with Gasteiger partial charge in [-0.3, -0.25) is 0 Å². The summed E-state index contributed by atoms with van der Waals surface area (Å²) in [5.74, 6) is 1.66. The summed E-state index contributed by atoms with van der Waals surface area (Å²) in [4.78, 5) is 8.89. The average molecular weight is 292 g/mol. The summed E-state index contributed by atoms with van der Waals surface area (Å²) in [6.07, 6.45) is 0. The highest BCUT2D eigenvalue weighted by atomic mass is 79.9. The van der Waals surface area contributed by atoms with Crippen LogP contribution in [0.5, 0.6) is 0 Å². The summed E-state index contributed by atoms with van der Waals surface area (Å²) >= 11 is 3.48. The smallest absolute Gasteiger partial charge is 0.132 e. The van der Waals surface area contributed by atoms with Gasteiger partial charge in [0, 0.05) is 22.6 Å². The highest BCUT2D eigenvalue weighted by molar-refractivity contribution is 9.10. The molecule has 1 heterocycles. The highest BCUT2D eigenvalue weighted by Gasteiger charge is 2.10. The molecule has 2 rings (SSSR count). The summed E-state index contributed by atoms with van der Waals surface area (Å²) in [5, 5.41) is 3.10. The zero-order valence-corrected chi connectivity index (χ0v) is 11.7. The van der Waals surface area contributed by atoms with E-state index in [4.69, 9.17) is 0 Å². The van der Waals surface area contributed by atoms with Crippen molar-refractivity contribution in [1.29, 1.82) is 0 Å². The second-order valence-electron chi connectivity index (χ2n) is 3.85. The summed E-state index contributed by atoms with van der Waals surface area (Å²) in [7, 11) is 1.87. The zero-order chi connectivity index (χ0) is 12.4. The topological polar surface area (TPSA) is 37.8 Å². The van der Waals surface area contributed by atoms with Gasteiger partial charge in [0.15, 0.2) is 0 Å². The Labute approximate surface area is 109 Å². The maximum atomic E-state index is 4.52. The van der Waals surface area contributed by atoms with Crippen LogP contribution in [0.3, 0.4) is 0 Å². The Morgan fingerprint density at radius 2 is 1.94 bits per heavy atom. The van der Waals surface area contributed by atoms with Gasteiger partial charge in [-0.2, -0.15) is 0 Å². The summed E-state index contributed by atoms with van der Waals surface area (Å²) < 4.78 is 1.05. The number of nitrogens with zero attached hydrogens (tertiary/aromatic N) is 2. The molecule has 88 valence electrons. The Morgan fingerprint density at radius 3 is 2.59 bits per heavy atom. The van der Waals surface area contributed by atoms with Crippen LogP contribution < -0.4 is 5.32 Å². The van der Waals surface area contributed by atoms with Crippen LogP contribution >= 0.6 is 15.9 Å². The molecule has 0 atom stereocenters. The van der Waals surface area contributed by atoms with Gasteiger partial charge in [-0.05, 0) is 26.0 Å². The molecule has 1 aromatic carbocycles. The fourth-order valence-corrected chi connectivity index (χ4v) is 2.19. The van der Waals surface area contributed by atoms with E-state index in [9.17, 15) is 0 Å². The van der Waals surface area contributed by atoms with Crippen molar-refractivity contribution in [2.45, 2.75) is 13.8 Å². The number of anilines is 1. The van der Waals surface area contributed by atoms with Crippen LogP contribution in [-0.2, 0) is 0 Å². The monoisotopic (exact) mass is 291 g/mol. The van der Waals surface area contributed by atoms with Crippen molar-refractivity contribution >= 4 is 21.7 Å². The largest absolute Gasteiger partial charge is 0.373 e. The summed E-state index contributed by atoms with van der Waals surface area (Å²) in [5.41, 5.74) is 3.14. The molecule has 0 aliphatic heterocycles. The van der Waals surface area contributed by atoms with Crippen LogP contribution in [0.2, 0.25) is 0 Å². The Bertz CT molecular complexity index is 552. The van der Waals surface area contributed by atoms with Gasteiger partial charge in [0.2, 0.25) is 0 Å². The minimum Gasteiger partial charge on any atom is -0.373 e. The molecule has 0 spiro atoms. The minimum atomic E-state index is 0.773. The number of aryl methyl sites for hydroxylation is 1. The first-order valence-corrected chi connectivity index (χ1v) is 6.20. The predicted octanol–water partition coefficient (Wildman–Crippen LogP) is 3.56. The number of rotatable bonds is 2. The van der Waals surface area contributed by atoms with Gasteiger partial charge >= 0.3 is 0 Å². The van der Waals surface area contributed by atoms with Gasteiger partial charge in [0.05, 0.1) is 5.69 Å². The molecule has 0 saturated carbocycles. The number of hydrogen-bond acceptors (Lipinski definition) is 3. The fourth-order valence-electron chi connectivity index (χ4n) is 1.79. The van der Waals surface area contributed by atoms with E-state index in [0.717, 1.165) is 32.9 Å². The normalized spacial score (nSPS) is 10.4. The zero-order valence-electron chi connectivity index (χ0n) is 10.1. The number of hydrogen-bond donors (Lipinski definition) is 1. The maximum absolute atomic E-state index is 4.52. The quantitative estimate of drug-likeness (QED) is 0.919. The summed E-state index contributed by atoms with van der Waals surface area (Å²) in [6, 6.07) is 8.13. The van der Waals surface area contributed by atoms with E-state index in [1.165, 1.54) is 0 Å². The molecule has 17 heavy (non-hydrogen) atoms. The van der Waals surface area contributed by atoms with E-state index in [2.05, 4.69) is 43.3 Å². The standard InChI is InChI=1S/C13H14BrN3/c1-8-12(10-5-4-6-11(14)7-10)16-9(2)17-13(8)15-3/h4-7H,1-3H3,(H,15,16,17). The van der Waals surface area contributed by atoms with Gasteiger partial charge in [-0.1, -0.05) is 28.1 Å². The van der Waals surface area contributed by atoms with E-state index < -0.39 is 0 Å². The first-order chi connectivity index (χ1) is 8.11. The van der Waals surface area contributed by atoms with Crippen molar-refractivity contribution in [3.63, 3.8) is 0 Å². The van der Waals surface area contributed by atoms with Gasteiger partial charge < -0.3 is 5.32 Å². The Morgan fingerprint density at radius 1 is 1.18 bits per heavy atom. The van der Waals surface area contributed by atoms with Crippen LogP contribution in [0.1, 0.15) is 11.4 Å². The van der Waals surface area contributed by atoms with Crippen molar-refractivity contribution < 1.29 is 0 Å². The lowest BCUT2D eigenvalue weighted by Gasteiger charge is -2.11. The number of aromatic nitrogens is 2. The molecule has 0 amide bonds. The SMILES string of the molecule is CNc1nc(C)nc(-c2cccc(Br)c2)c1C. The van der Waals surface area contributed by atoms with E-state index in [1.54, 1.807) is 0 Å². The molecule has 0 aliphatic carbocycles. The van der Waals surface area contributed by atoms with Crippen LogP contribution in [0.15, 0.2) is 28.7 Å². The number of halogens is 1. The van der Waals surface area contributed by atoms with Gasteiger partial charge in [0.25, 0.3) is 0 Å². The van der Waals surface area contributed by atoms with E-state index in [-0.39, 0.29) is 0 Å². The van der Waals surface area contributed by atoms with E-state index >= 15 is 0 Å². The van der Waals surface area contributed by atoms with Crippen molar-refractivity contribution in [2.24, 2.45) is 0 Å². The maximum Gasteiger partial charge on any atom is 0.132 e. The third-order valence-electron chi connectivity index (χ3n) is 2.59. The molecule has 0 saturated heterocycles. The number of benzene rings is 1. The second kappa shape index (κ2) is 4.84. The third kappa shape index (κ3) is 2.47. The fraction of sp³-hybridized carbons (Fsp3) is 0.231. The molecule has 0 fully saturated rings. The molecule has 4 heteroatoms. The lowest BCUT2D eigenvalue weighted by molar-refractivity contribution is 1.04. The van der Waals surface area contributed by atoms with Crippen LogP contribution in [-0.4, -0.2) is 17.0 Å². The molecule has 0 aliphatic rings. The average Bonchev–Trinajstić information content (AvgIpc) is 2.31. The van der Waals surface area contributed by atoms with Gasteiger partial charge in [-0.15, -0.1) is 0 Å². The molecular weight excluding hydrogens is 278 g/mol. The highest BCUT2D eigenvalue weighted by Crippen LogP contribution is 2.27. The van der Waals surface area contributed by atoms with Gasteiger partial charge in [-0.25, -0.2) is 9.97 Å². The van der Waals surface area contributed by atoms with Gasteiger partial charge in [0.1, 0.15) is 11.6 Å². The first kappa shape index (κ1) is 12.0. The Balaban J connectivity index is 2.63. The van der Waals surface area contributed by atoms with E-state index in [1.807, 2.05) is 33.0 Å². The van der Waals surface area contributed by atoms with Crippen LogP contribution in [0.4, 0.5) is 5.82 Å². The minimum absolute atomic E-state index is 0.773. The Kier molecular flexibility index (Phi) is 3.43. The lowest BCUT2D eigenvalue weighted by atomic mass is 10.1. The Hall–Kier alpha value is -1.42. The molecule has 0 radical (unpaired) electrons. The predicted molar refractivity (Wildman–Crippen MR) is 74.2 cm³/mol. The van der Waals surface area contributed by atoms with Crippen molar-refractivity contribution in [2.75, 3.05) is 12.4 Å². The second-order valence-corrected chi connectivity index (χ2v) is 4.77. The molecule has 1 N–H and O–H groups in total. The van der Waals surface area contributed by atoms with E-state index in [0.29, 0.717) is 0 Å². The molecule has 2 aromatic rings. The van der Waals surface area contributed by atoms with Crippen molar-refractivity contribution in [1.82, 2.24) is 9.97 Å². The molecule has 0 unspecified atom stereocenters. The lowest BCUT2D eigenvalue weighted by Crippen LogP contribution is -2.02. The van der Waals surface area contributed by atoms with Crippen LogP contribution in [0.25, 0.3) is 11.3 Å². The molecule has 3 nitrogen and oxygen atoms in total. The molecule has 1 aromatic heterocycles. The summed E-state index contributed by atoms with van der Waals surface area (Å²) in [6.45, 7) is 3.93. The van der Waals surface area contributed by atoms with Crippen LogP contribution in [0, 0.1) is 13.8 Å². The first-order valence-electron chi connectivity index (χ1n) is 5.40. The molecular formula is C13H14BrN3. The van der Waals surface area contributed by atoms with Crippen molar-refractivity contribution in [3.05, 3.63) is 40.1 Å². The van der Waals surface area contributed by atoms with Crippen molar-refractivity contribution in [3.8, 4) is 11.3 Å². The third-order valence-corrected chi connectivity index (χ3v) is 3.09. The number of nitrogens with one attached hydrogen (secondary N) is 1. The molecule has 0 bridgehead atoms.